The van der Waals surface area contributed by atoms with E-state index >= 15 is 0 Å². The molecule has 5 heteroatoms. The molecule has 0 radical (unpaired) electrons. The van der Waals surface area contributed by atoms with Crippen molar-refractivity contribution in [3.8, 4) is 0 Å². The van der Waals surface area contributed by atoms with Gasteiger partial charge in [0.2, 0.25) is 0 Å². The van der Waals surface area contributed by atoms with Crippen molar-refractivity contribution in [1.29, 1.82) is 0 Å². The Morgan fingerprint density at radius 3 is 2.60 bits per heavy atom. The predicted octanol–water partition coefficient (Wildman–Crippen LogP) is 2.50. The molecule has 4 nitrogen and oxygen atoms in total. The number of benzene rings is 1. The zero-order valence-corrected chi connectivity index (χ0v) is 12.1. The lowest BCUT2D eigenvalue weighted by atomic mass is 10.00. The Hall–Kier alpha value is -1.62. The monoisotopic (exact) mass is 283 g/mol. The van der Waals surface area contributed by atoms with Crippen LogP contribution in [-0.2, 0) is 11.2 Å². The van der Waals surface area contributed by atoms with Gasteiger partial charge in [-0.15, -0.1) is 0 Å². The lowest BCUT2D eigenvalue weighted by molar-refractivity contribution is 0.0512. The summed E-state index contributed by atoms with van der Waals surface area (Å²) >= 11 is 0. The van der Waals surface area contributed by atoms with Crippen LogP contribution in [0.1, 0.15) is 26.3 Å². The summed E-state index contributed by atoms with van der Waals surface area (Å²) in [6, 6.07) is 6.41. The highest BCUT2D eigenvalue weighted by atomic mass is 19.1. The molecular weight excluding hydrogens is 261 g/mol. The summed E-state index contributed by atoms with van der Waals surface area (Å²) in [7, 11) is 0. The van der Waals surface area contributed by atoms with Gasteiger partial charge in [-0.05, 0) is 38.8 Å². The highest BCUT2D eigenvalue weighted by molar-refractivity contribution is 5.67. The molecule has 112 valence electrons. The highest BCUT2D eigenvalue weighted by Crippen LogP contribution is 2.12. The number of carbonyl (C=O) groups is 1. The zero-order chi connectivity index (χ0) is 15.2. The molecule has 1 aromatic rings. The SMILES string of the molecule is CC(C)(C)OC(=O)NCC(CO)Cc1ccccc1F. The van der Waals surface area contributed by atoms with Gasteiger partial charge in [0.15, 0.2) is 0 Å². The van der Waals surface area contributed by atoms with Crippen molar-refractivity contribution >= 4 is 6.09 Å². The van der Waals surface area contributed by atoms with Crippen LogP contribution in [0.25, 0.3) is 0 Å². The fourth-order valence-corrected chi connectivity index (χ4v) is 1.72. The van der Waals surface area contributed by atoms with Crippen LogP contribution in [0.5, 0.6) is 0 Å². The van der Waals surface area contributed by atoms with Crippen molar-refractivity contribution in [2.75, 3.05) is 13.2 Å². The molecule has 0 fully saturated rings. The summed E-state index contributed by atoms with van der Waals surface area (Å²) in [5, 5.41) is 11.9. The first-order valence-corrected chi connectivity index (χ1v) is 6.63. The van der Waals surface area contributed by atoms with Gasteiger partial charge in [-0.2, -0.15) is 0 Å². The predicted molar refractivity (Wildman–Crippen MR) is 74.9 cm³/mol. The number of aliphatic hydroxyl groups excluding tert-OH is 1. The second-order valence-electron chi connectivity index (χ2n) is 5.73. The smallest absolute Gasteiger partial charge is 0.407 e. The van der Waals surface area contributed by atoms with E-state index in [1.54, 1.807) is 39.0 Å². The topological polar surface area (TPSA) is 58.6 Å². The fraction of sp³-hybridized carbons (Fsp3) is 0.533. The number of carbonyl (C=O) groups excluding carboxylic acids is 1. The van der Waals surface area contributed by atoms with E-state index in [1.165, 1.54) is 6.07 Å². The molecule has 0 aliphatic rings. The Labute approximate surface area is 119 Å². The molecule has 0 heterocycles. The second kappa shape index (κ2) is 7.24. The van der Waals surface area contributed by atoms with Crippen LogP contribution < -0.4 is 5.32 Å². The minimum atomic E-state index is -0.565. The summed E-state index contributed by atoms with van der Waals surface area (Å²) in [5.41, 5.74) is -0.0396. The number of ether oxygens (including phenoxy) is 1. The first-order chi connectivity index (χ1) is 9.31. The quantitative estimate of drug-likeness (QED) is 0.873. The molecule has 2 N–H and O–H groups in total. The Morgan fingerprint density at radius 1 is 1.40 bits per heavy atom. The van der Waals surface area contributed by atoms with Gasteiger partial charge in [-0.25, -0.2) is 9.18 Å². The molecular formula is C15H22FNO3. The summed E-state index contributed by atoms with van der Waals surface area (Å²) in [4.78, 5) is 11.5. The lowest BCUT2D eigenvalue weighted by Gasteiger charge is -2.21. The molecule has 1 unspecified atom stereocenters. The lowest BCUT2D eigenvalue weighted by Crippen LogP contribution is -2.36. The molecule has 1 rings (SSSR count). The van der Waals surface area contributed by atoms with E-state index in [4.69, 9.17) is 4.74 Å². The maximum Gasteiger partial charge on any atom is 0.407 e. The molecule has 0 aromatic heterocycles. The van der Waals surface area contributed by atoms with Crippen molar-refractivity contribution in [2.24, 2.45) is 5.92 Å². The fourth-order valence-electron chi connectivity index (χ4n) is 1.72. The number of hydrogen-bond acceptors (Lipinski definition) is 3. The second-order valence-corrected chi connectivity index (χ2v) is 5.73. The van der Waals surface area contributed by atoms with Crippen molar-refractivity contribution in [3.05, 3.63) is 35.6 Å². The Morgan fingerprint density at radius 2 is 2.05 bits per heavy atom. The average Bonchev–Trinajstić information content (AvgIpc) is 2.34. The number of rotatable bonds is 5. The van der Waals surface area contributed by atoms with E-state index in [0.29, 0.717) is 12.0 Å². The van der Waals surface area contributed by atoms with Crippen molar-refractivity contribution in [1.82, 2.24) is 5.32 Å². The highest BCUT2D eigenvalue weighted by Gasteiger charge is 2.18. The van der Waals surface area contributed by atoms with Crippen LogP contribution in [0, 0.1) is 11.7 Å². The number of amides is 1. The minimum absolute atomic E-state index is 0.135. The van der Waals surface area contributed by atoms with Crippen LogP contribution in [0.4, 0.5) is 9.18 Å². The number of halogens is 1. The molecule has 20 heavy (non-hydrogen) atoms. The first-order valence-electron chi connectivity index (χ1n) is 6.63. The Balaban J connectivity index is 2.48. The standard InChI is InChI=1S/C15H22FNO3/c1-15(2,3)20-14(19)17-9-11(10-18)8-12-6-4-5-7-13(12)16/h4-7,11,18H,8-10H2,1-3H3,(H,17,19). The van der Waals surface area contributed by atoms with Gasteiger partial charge < -0.3 is 15.2 Å². The third-order valence-corrected chi connectivity index (χ3v) is 2.66. The van der Waals surface area contributed by atoms with Gasteiger partial charge in [-0.3, -0.25) is 0 Å². The Bertz CT molecular complexity index is 443. The third-order valence-electron chi connectivity index (χ3n) is 2.66. The van der Waals surface area contributed by atoms with Gasteiger partial charge in [-0.1, -0.05) is 18.2 Å². The Kier molecular flexibility index (Phi) is 5.95. The zero-order valence-electron chi connectivity index (χ0n) is 12.1. The normalized spacial score (nSPS) is 12.8. The molecule has 1 aromatic carbocycles. The maximum atomic E-state index is 13.5. The molecule has 0 aliphatic carbocycles. The van der Waals surface area contributed by atoms with E-state index in [1.807, 2.05) is 0 Å². The van der Waals surface area contributed by atoms with E-state index in [-0.39, 0.29) is 24.9 Å². The van der Waals surface area contributed by atoms with Crippen LogP contribution >= 0.6 is 0 Å². The molecule has 0 spiro atoms. The van der Waals surface area contributed by atoms with Gasteiger partial charge >= 0.3 is 6.09 Å². The van der Waals surface area contributed by atoms with E-state index in [2.05, 4.69) is 5.32 Å². The first kappa shape index (κ1) is 16.4. The molecule has 0 saturated heterocycles. The van der Waals surface area contributed by atoms with E-state index in [9.17, 15) is 14.3 Å². The number of hydrogen-bond donors (Lipinski definition) is 2. The summed E-state index contributed by atoms with van der Waals surface area (Å²) in [6.45, 7) is 5.42. The summed E-state index contributed by atoms with van der Waals surface area (Å²) < 4.78 is 18.6. The molecule has 0 aliphatic heterocycles. The maximum absolute atomic E-state index is 13.5. The van der Waals surface area contributed by atoms with Gasteiger partial charge in [0.1, 0.15) is 11.4 Å². The van der Waals surface area contributed by atoms with E-state index in [0.717, 1.165) is 0 Å². The van der Waals surface area contributed by atoms with Crippen molar-refractivity contribution in [3.63, 3.8) is 0 Å². The van der Waals surface area contributed by atoms with Gasteiger partial charge in [0, 0.05) is 19.1 Å². The van der Waals surface area contributed by atoms with Crippen LogP contribution in [-0.4, -0.2) is 30.0 Å². The van der Waals surface area contributed by atoms with Crippen LogP contribution in [0.3, 0.4) is 0 Å². The number of nitrogens with one attached hydrogen (secondary N) is 1. The largest absolute Gasteiger partial charge is 0.444 e. The summed E-state index contributed by atoms with van der Waals surface area (Å²) in [5.74, 6) is -0.553. The minimum Gasteiger partial charge on any atom is -0.444 e. The van der Waals surface area contributed by atoms with Gasteiger partial charge in [0.25, 0.3) is 0 Å². The number of alkyl carbamates (subject to hydrolysis) is 1. The molecule has 1 amide bonds. The van der Waals surface area contributed by atoms with Crippen molar-refractivity contribution < 1.29 is 19.0 Å². The molecule has 0 saturated carbocycles. The number of aliphatic hydroxyl groups is 1. The third kappa shape index (κ3) is 6.02. The molecule has 1 atom stereocenters. The van der Waals surface area contributed by atoms with Crippen LogP contribution in [0.15, 0.2) is 24.3 Å². The van der Waals surface area contributed by atoms with Crippen molar-refractivity contribution in [2.45, 2.75) is 32.8 Å². The van der Waals surface area contributed by atoms with Crippen LogP contribution in [0.2, 0.25) is 0 Å². The summed E-state index contributed by atoms with van der Waals surface area (Å²) in [6.07, 6.45) is -0.177. The van der Waals surface area contributed by atoms with Gasteiger partial charge in [0.05, 0.1) is 0 Å². The molecule has 0 bridgehead atoms. The van der Waals surface area contributed by atoms with E-state index < -0.39 is 11.7 Å². The average molecular weight is 283 g/mol.